The summed E-state index contributed by atoms with van der Waals surface area (Å²) in [5.74, 6) is 6.10. The van der Waals surface area contributed by atoms with Crippen LogP contribution in [-0.4, -0.2) is 30.1 Å². The van der Waals surface area contributed by atoms with Crippen molar-refractivity contribution < 1.29 is 25.3 Å². The Bertz CT molecular complexity index is 674. The van der Waals surface area contributed by atoms with Gasteiger partial charge in [0.1, 0.15) is 0 Å². The molecule has 134 valence electrons. The third-order valence-corrected chi connectivity index (χ3v) is 3.59. The van der Waals surface area contributed by atoms with E-state index in [0.717, 1.165) is 5.56 Å². The first-order chi connectivity index (χ1) is 12.1. The summed E-state index contributed by atoms with van der Waals surface area (Å²) in [4.78, 5) is 24.4. The van der Waals surface area contributed by atoms with Crippen LogP contribution in [0.1, 0.15) is 40.7 Å². The van der Waals surface area contributed by atoms with Crippen LogP contribution in [0.5, 0.6) is 0 Å². The van der Waals surface area contributed by atoms with Crippen molar-refractivity contribution in [3.63, 3.8) is 0 Å². The van der Waals surface area contributed by atoms with Gasteiger partial charge in [-0.1, -0.05) is 48.5 Å². The summed E-state index contributed by atoms with van der Waals surface area (Å²) in [7, 11) is 0. The van der Waals surface area contributed by atoms with E-state index >= 15 is 0 Å². The Morgan fingerprint density at radius 3 is 2.36 bits per heavy atom. The van der Waals surface area contributed by atoms with E-state index in [9.17, 15) is 9.59 Å². The Hall–Kier alpha value is -2.54. The number of aliphatic hydroxyl groups excluding tert-OH is 1. The summed E-state index contributed by atoms with van der Waals surface area (Å²) in [5.41, 5.74) is 1.90. The van der Waals surface area contributed by atoms with Crippen molar-refractivity contribution in [1.29, 1.82) is 0 Å². The Morgan fingerprint density at radius 2 is 1.72 bits per heavy atom. The fourth-order valence-corrected chi connectivity index (χ4v) is 2.20. The van der Waals surface area contributed by atoms with Gasteiger partial charge in [0.2, 0.25) is 0 Å². The van der Waals surface area contributed by atoms with Gasteiger partial charge in [0.15, 0.2) is 5.78 Å². The topological polar surface area (TPSA) is 117 Å². The predicted octanol–water partition coefficient (Wildman–Crippen LogP) is 1.05. The van der Waals surface area contributed by atoms with E-state index in [4.69, 9.17) is 9.84 Å². The number of hydrogen-bond acceptors (Lipinski definition) is 5. The predicted molar refractivity (Wildman–Crippen MR) is 94.5 cm³/mol. The number of hydrogen-bond donors (Lipinski definition) is 3. The lowest BCUT2D eigenvalue weighted by Gasteiger charge is -2.12. The third kappa shape index (κ3) is 6.11. The first kappa shape index (κ1) is 20.5. The van der Waals surface area contributed by atoms with Crippen molar-refractivity contribution in [3.05, 3.63) is 71.3 Å². The molecular weight excluding hydrogens is 320 g/mol. The Morgan fingerprint density at radius 1 is 1.08 bits per heavy atom. The number of nitrogens with two attached hydrogens (primary N) is 1. The maximum atomic E-state index is 12.5. The fourth-order valence-electron chi connectivity index (χ4n) is 2.20. The van der Waals surface area contributed by atoms with E-state index in [1.807, 2.05) is 18.2 Å². The lowest BCUT2D eigenvalue weighted by molar-refractivity contribution is -0.379. The monoisotopic (exact) mass is 345 g/mol. The van der Waals surface area contributed by atoms with Crippen LogP contribution in [0.3, 0.4) is 0 Å². The second-order valence-electron chi connectivity index (χ2n) is 5.29. The van der Waals surface area contributed by atoms with Gasteiger partial charge in [-0.05, 0) is 18.6 Å². The Labute approximate surface area is 147 Å². The van der Waals surface area contributed by atoms with Gasteiger partial charge in [0, 0.05) is 24.2 Å². The van der Waals surface area contributed by atoms with Crippen molar-refractivity contribution in [2.75, 3.05) is 13.2 Å². The molecule has 6 N–H and O–H groups in total. The second kappa shape index (κ2) is 11.1. The lowest BCUT2D eigenvalue weighted by Crippen LogP contribution is -2.59. The fraction of sp³-hybridized carbons (Fsp3) is 0.263. The summed E-state index contributed by atoms with van der Waals surface area (Å²) in [5, 5.41) is 8.71. The zero-order valence-electron chi connectivity index (χ0n) is 14.4. The van der Waals surface area contributed by atoms with Crippen molar-refractivity contribution in [1.82, 2.24) is 0 Å². The van der Waals surface area contributed by atoms with Crippen LogP contribution in [0.2, 0.25) is 0 Å². The smallest absolute Gasteiger partial charge is 0.313 e. The average Bonchev–Trinajstić information content (AvgIpc) is 2.69. The summed E-state index contributed by atoms with van der Waals surface area (Å²) in [6, 6.07) is 16.1. The number of quaternary nitrogens is 1. The molecule has 2 aromatic carbocycles. The number of benzene rings is 2. The van der Waals surface area contributed by atoms with Crippen molar-refractivity contribution in [2.24, 2.45) is 5.84 Å². The third-order valence-electron chi connectivity index (χ3n) is 3.59. The lowest BCUT2D eigenvalue weighted by atomic mass is 9.96. The number of carbonyl (C=O) groups excluding carboxylic acids is 2. The molecule has 0 heterocycles. The minimum Gasteiger partial charge on any atom is -0.465 e. The summed E-state index contributed by atoms with van der Waals surface area (Å²) in [6.07, 6.45) is 0.422. The standard InChI is InChI=1S/C19H20O4.H4N2/c1-14(19(22)23-12-6-11-20)16-9-5-10-17(13-16)18(21)15-7-3-2-4-8-15;1-2/h2-5,7-10,13-14,20H,6,11-12H2,1H3;1-2H2/p+1. The van der Waals surface area contributed by atoms with Crippen LogP contribution in [0.15, 0.2) is 54.6 Å². The highest BCUT2D eigenvalue weighted by molar-refractivity contribution is 6.09. The van der Waals surface area contributed by atoms with Gasteiger partial charge < -0.3 is 9.84 Å². The average molecular weight is 345 g/mol. The highest BCUT2D eigenvalue weighted by Gasteiger charge is 2.18. The summed E-state index contributed by atoms with van der Waals surface area (Å²) >= 11 is 0. The molecule has 0 aliphatic heterocycles. The molecule has 0 bridgehead atoms. The number of rotatable bonds is 7. The molecule has 0 spiro atoms. The van der Waals surface area contributed by atoms with Gasteiger partial charge in [0.25, 0.3) is 0 Å². The maximum Gasteiger partial charge on any atom is 0.313 e. The molecule has 0 amide bonds. The van der Waals surface area contributed by atoms with Crippen molar-refractivity contribution in [2.45, 2.75) is 19.3 Å². The summed E-state index contributed by atoms with van der Waals surface area (Å²) in [6.45, 7) is 1.93. The molecule has 0 saturated carbocycles. The van der Waals surface area contributed by atoms with Crippen LogP contribution >= 0.6 is 0 Å². The van der Waals surface area contributed by atoms with Gasteiger partial charge in [0.05, 0.1) is 12.5 Å². The molecular formula is C19H25N2O4+. The highest BCUT2D eigenvalue weighted by Crippen LogP contribution is 2.20. The molecule has 1 atom stereocenters. The number of aliphatic hydroxyl groups is 1. The van der Waals surface area contributed by atoms with Crippen LogP contribution in [0.4, 0.5) is 0 Å². The molecule has 0 fully saturated rings. The van der Waals surface area contributed by atoms with Crippen LogP contribution < -0.4 is 11.7 Å². The van der Waals surface area contributed by atoms with Crippen molar-refractivity contribution >= 4 is 11.8 Å². The number of esters is 1. The van der Waals surface area contributed by atoms with Gasteiger partial charge in [-0.3, -0.25) is 15.4 Å². The van der Waals surface area contributed by atoms with E-state index in [1.54, 1.807) is 43.3 Å². The number of carbonyl (C=O) groups is 2. The number of ketones is 1. The van der Waals surface area contributed by atoms with Gasteiger partial charge in [-0.15, -0.1) is 0 Å². The first-order valence-electron chi connectivity index (χ1n) is 8.01. The zero-order chi connectivity index (χ0) is 18.7. The molecule has 0 saturated heterocycles. The number of ether oxygens (including phenoxy) is 1. The van der Waals surface area contributed by atoms with Crippen LogP contribution in [0.25, 0.3) is 0 Å². The molecule has 1 unspecified atom stereocenters. The van der Waals surface area contributed by atoms with E-state index in [2.05, 4.69) is 11.7 Å². The van der Waals surface area contributed by atoms with E-state index in [-0.39, 0.29) is 25.0 Å². The summed E-state index contributed by atoms with van der Waals surface area (Å²) < 4.78 is 5.10. The molecule has 6 nitrogen and oxygen atoms in total. The molecule has 2 aromatic rings. The van der Waals surface area contributed by atoms with Crippen LogP contribution in [0, 0.1) is 0 Å². The molecule has 2 rings (SSSR count). The minimum atomic E-state index is -0.461. The quantitative estimate of drug-likeness (QED) is 0.228. The first-order valence-corrected chi connectivity index (χ1v) is 8.01. The van der Waals surface area contributed by atoms with Gasteiger partial charge in [-0.25, -0.2) is 0 Å². The molecule has 0 radical (unpaired) electrons. The van der Waals surface area contributed by atoms with E-state index < -0.39 is 5.92 Å². The zero-order valence-corrected chi connectivity index (χ0v) is 14.4. The second-order valence-corrected chi connectivity index (χ2v) is 5.29. The van der Waals surface area contributed by atoms with Crippen molar-refractivity contribution in [3.8, 4) is 0 Å². The SMILES string of the molecule is CC(C(=O)OCCCO)c1cccc(C(=O)c2ccccc2)c1.N[NH3+]. The largest absolute Gasteiger partial charge is 0.465 e. The van der Waals surface area contributed by atoms with Gasteiger partial charge >= 0.3 is 5.97 Å². The normalized spacial score (nSPS) is 11.0. The van der Waals surface area contributed by atoms with E-state index in [1.165, 1.54) is 0 Å². The Balaban J connectivity index is 0.00000151. The Kier molecular flexibility index (Phi) is 9.10. The van der Waals surface area contributed by atoms with E-state index in [0.29, 0.717) is 17.5 Å². The minimum absolute atomic E-state index is 0.0112. The molecule has 0 aromatic heterocycles. The van der Waals surface area contributed by atoms with Crippen LogP contribution in [-0.2, 0) is 9.53 Å². The molecule has 6 heteroatoms. The highest BCUT2D eigenvalue weighted by atomic mass is 16.5. The van der Waals surface area contributed by atoms with Gasteiger partial charge in [-0.2, -0.15) is 5.84 Å². The maximum absolute atomic E-state index is 12.5. The molecule has 25 heavy (non-hydrogen) atoms. The molecule has 0 aliphatic carbocycles. The molecule has 0 aliphatic rings.